The second-order valence-corrected chi connectivity index (χ2v) is 4.59. The fraction of sp³-hybridized carbons (Fsp3) is 0.357. The van der Waals surface area contributed by atoms with Gasteiger partial charge in [0.25, 0.3) is 0 Å². The van der Waals surface area contributed by atoms with Crippen LogP contribution in [0.3, 0.4) is 0 Å². The molecule has 0 saturated heterocycles. The number of hydrogen-bond acceptors (Lipinski definition) is 2. The Morgan fingerprint density at radius 1 is 1.24 bits per heavy atom. The maximum Gasteiger partial charge on any atom is 0.0643 e. The third kappa shape index (κ3) is 2.67. The number of aryl methyl sites for hydroxylation is 4. The molecule has 0 radical (unpaired) electrons. The monoisotopic (exact) mass is 229 g/mol. The van der Waals surface area contributed by atoms with Gasteiger partial charge in [-0.1, -0.05) is 12.1 Å². The van der Waals surface area contributed by atoms with Gasteiger partial charge in [-0.3, -0.25) is 4.68 Å². The fourth-order valence-corrected chi connectivity index (χ4v) is 1.94. The summed E-state index contributed by atoms with van der Waals surface area (Å²) in [6.45, 7) is 7.10. The van der Waals surface area contributed by atoms with Gasteiger partial charge in [0.15, 0.2) is 0 Å². The molecule has 0 saturated carbocycles. The maximum atomic E-state index is 4.34. The van der Waals surface area contributed by atoms with Crippen molar-refractivity contribution in [2.75, 3.05) is 5.32 Å². The van der Waals surface area contributed by atoms with Crippen LogP contribution < -0.4 is 5.32 Å². The van der Waals surface area contributed by atoms with E-state index in [1.807, 2.05) is 18.7 Å². The van der Waals surface area contributed by atoms with Gasteiger partial charge < -0.3 is 5.32 Å². The summed E-state index contributed by atoms with van der Waals surface area (Å²) in [5.74, 6) is 0. The second-order valence-electron chi connectivity index (χ2n) is 4.59. The van der Waals surface area contributed by atoms with Crippen molar-refractivity contribution in [3.05, 3.63) is 46.8 Å². The molecule has 3 nitrogen and oxygen atoms in total. The van der Waals surface area contributed by atoms with Gasteiger partial charge in [0, 0.05) is 31.0 Å². The summed E-state index contributed by atoms with van der Waals surface area (Å²) in [7, 11) is 1.95. The highest BCUT2D eigenvalue weighted by Gasteiger charge is 2.03. The van der Waals surface area contributed by atoms with Crippen molar-refractivity contribution in [2.24, 2.45) is 7.05 Å². The Balaban J connectivity index is 2.12. The molecule has 0 aliphatic carbocycles. The molecule has 90 valence electrons. The lowest BCUT2D eigenvalue weighted by molar-refractivity contribution is 0.756. The first-order chi connectivity index (χ1) is 8.06. The lowest BCUT2D eigenvalue weighted by atomic mass is 10.1. The van der Waals surface area contributed by atoms with Gasteiger partial charge in [0.1, 0.15) is 0 Å². The fourth-order valence-electron chi connectivity index (χ4n) is 1.94. The van der Waals surface area contributed by atoms with Crippen molar-refractivity contribution in [1.82, 2.24) is 9.78 Å². The van der Waals surface area contributed by atoms with E-state index in [2.05, 4.69) is 48.7 Å². The van der Waals surface area contributed by atoms with E-state index in [-0.39, 0.29) is 0 Å². The predicted octanol–water partition coefficient (Wildman–Crippen LogP) is 2.96. The number of benzene rings is 1. The summed E-state index contributed by atoms with van der Waals surface area (Å²) < 4.78 is 1.86. The minimum Gasteiger partial charge on any atom is -0.381 e. The van der Waals surface area contributed by atoms with E-state index >= 15 is 0 Å². The van der Waals surface area contributed by atoms with E-state index in [0.717, 1.165) is 12.2 Å². The topological polar surface area (TPSA) is 29.9 Å². The molecule has 0 spiro atoms. The van der Waals surface area contributed by atoms with Crippen molar-refractivity contribution in [3.63, 3.8) is 0 Å². The third-order valence-electron chi connectivity index (χ3n) is 2.98. The molecule has 0 aliphatic rings. The number of anilines is 1. The molecule has 0 bridgehead atoms. The van der Waals surface area contributed by atoms with Gasteiger partial charge in [0.2, 0.25) is 0 Å². The maximum absolute atomic E-state index is 4.34. The molecule has 0 amide bonds. The number of nitrogens with one attached hydrogen (secondary N) is 1. The minimum atomic E-state index is 0.823. The molecule has 1 aromatic heterocycles. The third-order valence-corrected chi connectivity index (χ3v) is 2.98. The van der Waals surface area contributed by atoms with Crippen LogP contribution >= 0.6 is 0 Å². The Hall–Kier alpha value is -1.77. The highest BCUT2D eigenvalue weighted by atomic mass is 15.2. The molecule has 0 fully saturated rings. The van der Waals surface area contributed by atoms with Crippen LogP contribution in [0.2, 0.25) is 0 Å². The molecule has 1 aromatic carbocycles. The van der Waals surface area contributed by atoms with Crippen LogP contribution in [-0.2, 0) is 13.6 Å². The Labute approximate surface area is 102 Å². The largest absolute Gasteiger partial charge is 0.381 e. The Bertz CT molecular complexity index is 526. The highest BCUT2D eigenvalue weighted by Crippen LogP contribution is 2.17. The summed E-state index contributed by atoms with van der Waals surface area (Å²) in [4.78, 5) is 0. The van der Waals surface area contributed by atoms with E-state index in [1.165, 1.54) is 22.4 Å². The van der Waals surface area contributed by atoms with E-state index in [9.17, 15) is 0 Å². The van der Waals surface area contributed by atoms with E-state index in [1.54, 1.807) is 0 Å². The Morgan fingerprint density at radius 3 is 2.65 bits per heavy atom. The molecule has 1 N–H and O–H groups in total. The van der Waals surface area contributed by atoms with Gasteiger partial charge in [-0.25, -0.2) is 0 Å². The average Bonchev–Trinajstić information content (AvgIpc) is 2.59. The molecule has 0 atom stereocenters. The van der Waals surface area contributed by atoms with Crippen LogP contribution in [0.5, 0.6) is 0 Å². The van der Waals surface area contributed by atoms with Crippen LogP contribution in [0.4, 0.5) is 5.69 Å². The summed E-state index contributed by atoms with van der Waals surface area (Å²) in [6.07, 6.45) is 2.06. The van der Waals surface area contributed by atoms with Gasteiger partial charge in [-0.15, -0.1) is 0 Å². The summed E-state index contributed by atoms with van der Waals surface area (Å²) >= 11 is 0. The number of aromatic nitrogens is 2. The zero-order valence-electron chi connectivity index (χ0n) is 10.9. The number of hydrogen-bond donors (Lipinski definition) is 1. The molecule has 0 aliphatic heterocycles. The van der Waals surface area contributed by atoms with Crippen molar-refractivity contribution in [3.8, 4) is 0 Å². The quantitative estimate of drug-likeness (QED) is 0.877. The predicted molar refractivity (Wildman–Crippen MR) is 71.2 cm³/mol. The van der Waals surface area contributed by atoms with Gasteiger partial charge in [-0.05, 0) is 38.0 Å². The van der Waals surface area contributed by atoms with Gasteiger partial charge in [0.05, 0.1) is 5.69 Å². The molecule has 2 rings (SSSR count). The summed E-state index contributed by atoms with van der Waals surface area (Å²) in [6, 6.07) is 6.46. The molecular formula is C14H19N3. The molecule has 1 heterocycles. The average molecular weight is 229 g/mol. The van der Waals surface area contributed by atoms with E-state index in [4.69, 9.17) is 0 Å². The van der Waals surface area contributed by atoms with Gasteiger partial charge >= 0.3 is 0 Å². The van der Waals surface area contributed by atoms with E-state index < -0.39 is 0 Å². The number of rotatable bonds is 3. The van der Waals surface area contributed by atoms with Crippen LogP contribution in [0, 0.1) is 20.8 Å². The van der Waals surface area contributed by atoms with Crippen LogP contribution in [-0.4, -0.2) is 9.78 Å². The SMILES string of the molecule is Cc1ccc(C)c(NCc2cn(C)nc2C)c1. The molecule has 3 heteroatoms. The first kappa shape index (κ1) is 11.7. The smallest absolute Gasteiger partial charge is 0.0643 e. The molecule has 0 unspecified atom stereocenters. The second kappa shape index (κ2) is 4.62. The normalized spacial score (nSPS) is 10.6. The molecule has 17 heavy (non-hydrogen) atoms. The zero-order chi connectivity index (χ0) is 12.4. The lowest BCUT2D eigenvalue weighted by Crippen LogP contribution is -2.01. The summed E-state index contributed by atoms with van der Waals surface area (Å²) in [5, 5.41) is 7.81. The van der Waals surface area contributed by atoms with Crippen molar-refractivity contribution in [2.45, 2.75) is 27.3 Å². The van der Waals surface area contributed by atoms with Crippen LogP contribution in [0.1, 0.15) is 22.4 Å². The first-order valence-corrected chi connectivity index (χ1v) is 5.86. The van der Waals surface area contributed by atoms with Crippen molar-refractivity contribution < 1.29 is 0 Å². The van der Waals surface area contributed by atoms with Crippen molar-refractivity contribution in [1.29, 1.82) is 0 Å². The van der Waals surface area contributed by atoms with Crippen LogP contribution in [0.25, 0.3) is 0 Å². The number of nitrogens with zero attached hydrogens (tertiary/aromatic N) is 2. The lowest BCUT2D eigenvalue weighted by Gasteiger charge is -2.09. The van der Waals surface area contributed by atoms with Gasteiger partial charge in [-0.2, -0.15) is 5.10 Å². The molecule has 2 aromatic rings. The van der Waals surface area contributed by atoms with Crippen molar-refractivity contribution >= 4 is 5.69 Å². The molecular weight excluding hydrogens is 210 g/mol. The Kier molecular flexibility index (Phi) is 3.18. The van der Waals surface area contributed by atoms with Crippen LogP contribution in [0.15, 0.2) is 24.4 Å². The summed E-state index contributed by atoms with van der Waals surface area (Å²) in [5.41, 5.74) is 6.09. The Morgan fingerprint density at radius 2 is 2.00 bits per heavy atom. The minimum absolute atomic E-state index is 0.823. The standard InChI is InChI=1S/C14H19N3/c1-10-5-6-11(2)14(7-10)15-8-13-9-17(4)16-12(13)3/h5-7,9,15H,8H2,1-4H3. The first-order valence-electron chi connectivity index (χ1n) is 5.86. The zero-order valence-corrected chi connectivity index (χ0v) is 10.9. The highest BCUT2D eigenvalue weighted by molar-refractivity contribution is 5.52. The van der Waals surface area contributed by atoms with E-state index in [0.29, 0.717) is 0 Å².